The van der Waals surface area contributed by atoms with E-state index in [1.807, 2.05) is 31.2 Å². The molecular weight excluding hydrogens is 307 g/mol. The molecular formula is C16H16Cl2N2O. The van der Waals surface area contributed by atoms with E-state index in [1.54, 1.807) is 23.1 Å². The van der Waals surface area contributed by atoms with Crippen LogP contribution in [0.2, 0.25) is 10.0 Å². The van der Waals surface area contributed by atoms with Gasteiger partial charge in [-0.2, -0.15) is 0 Å². The van der Waals surface area contributed by atoms with Crippen LogP contribution in [0.1, 0.15) is 22.8 Å². The maximum absolute atomic E-state index is 12.6. The zero-order chi connectivity index (χ0) is 15.4. The molecule has 2 N–H and O–H groups in total. The molecule has 0 aliphatic rings. The lowest BCUT2D eigenvalue weighted by Gasteiger charge is -2.22. The number of nitrogens with zero attached hydrogens (tertiary/aromatic N) is 1. The lowest BCUT2D eigenvalue weighted by atomic mass is 10.1. The van der Waals surface area contributed by atoms with Gasteiger partial charge in [-0.05, 0) is 36.8 Å². The van der Waals surface area contributed by atoms with Crippen molar-refractivity contribution in [1.29, 1.82) is 0 Å². The minimum Gasteiger partial charge on any atom is -0.399 e. The molecule has 0 radical (unpaired) electrons. The molecule has 0 bridgehead atoms. The molecule has 110 valence electrons. The van der Waals surface area contributed by atoms with Crippen molar-refractivity contribution in [3.8, 4) is 0 Å². The van der Waals surface area contributed by atoms with E-state index < -0.39 is 0 Å². The topological polar surface area (TPSA) is 46.3 Å². The van der Waals surface area contributed by atoms with Gasteiger partial charge < -0.3 is 10.6 Å². The number of rotatable bonds is 4. The Labute approximate surface area is 134 Å². The minimum atomic E-state index is -0.119. The quantitative estimate of drug-likeness (QED) is 0.856. The average Bonchev–Trinajstić information content (AvgIpc) is 2.44. The summed E-state index contributed by atoms with van der Waals surface area (Å²) >= 11 is 12.1. The highest BCUT2D eigenvalue weighted by atomic mass is 35.5. The van der Waals surface area contributed by atoms with Gasteiger partial charge in [0.05, 0.1) is 0 Å². The van der Waals surface area contributed by atoms with E-state index in [4.69, 9.17) is 28.9 Å². The first-order valence-electron chi connectivity index (χ1n) is 6.60. The fourth-order valence-electron chi connectivity index (χ4n) is 2.08. The maximum Gasteiger partial charge on any atom is 0.254 e. The Bertz CT molecular complexity index is 638. The molecule has 2 aromatic carbocycles. The van der Waals surface area contributed by atoms with E-state index in [9.17, 15) is 4.79 Å². The Morgan fingerprint density at radius 3 is 2.52 bits per heavy atom. The molecule has 21 heavy (non-hydrogen) atoms. The van der Waals surface area contributed by atoms with Crippen molar-refractivity contribution in [2.24, 2.45) is 0 Å². The maximum atomic E-state index is 12.6. The van der Waals surface area contributed by atoms with Crippen molar-refractivity contribution in [3.05, 3.63) is 63.6 Å². The van der Waals surface area contributed by atoms with Gasteiger partial charge >= 0.3 is 0 Å². The predicted molar refractivity (Wildman–Crippen MR) is 87.7 cm³/mol. The van der Waals surface area contributed by atoms with E-state index in [1.165, 1.54) is 0 Å². The standard InChI is InChI=1S/C16H16Cl2N2O/c1-2-20(10-11-5-3-4-6-15(11)18)16(21)12-7-13(17)9-14(19)8-12/h3-9H,2,10,19H2,1H3. The fourth-order valence-corrected chi connectivity index (χ4v) is 2.52. The van der Waals surface area contributed by atoms with Gasteiger partial charge in [0.25, 0.3) is 5.91 Å². The number of hydrogen-bond acceptors (Lipinski definition) is 2. The van der Waals surface area contributed by atoms with Crippen molar-refractivity contribution >= 4 is 34.8 Å². The lowest BCUT2D eigenvalue weighted by Crippen LogP contribution is -2.30. The molecule has 0 spiro atoms. The first-order chi connectivity index (χ1) is 10.0. The van der Waals surface area contributed by atoms with Gasteiger partial charge in [-0.3, -0.25) is 4.79 Å². The second-order valence-corrected chi connectivity index (χ2v) is 5.53. The number of hydrogen-bond donors (Lipinski definition) is 1. The Morgan fingerprint density at radius 2 is 1.90 bits per heavy atom. The van der Waals surface area contributed by atoms with Crippen molar-refractivity contribution in [2.75, 3.05) is 12.3 Å². The molecule has 2 aromatic rings. The predicted octanol–water partition coefficient (Wildman–Crippen LogP) is 4.24. The molecule has 1 amide bonds. The van der Waals surface area contributed by atoms with Gasteiger partial charge in [0, 0.05) is 34.4 Å². The number of benzene rings is 2. The highest BCUT2D eigenvalue weighted by Crippen LogP contribution is 2.21. The molecule has 0 heterocycles. The second-order valence-electron chi connectivity index (χ2n) is 4.68. The Balaban J connectivity index is 2.24. The van der Waals surface area contributed by atoms with Crippen molar-refractivity contribution in [3.63, 3.8) is 0 Å². The van der Waals surface area contributed by atoms with Crippen LogP contribution in [0.4, 0.5) is 5.69 Å². The largest absolute Gasteiger partial charge is 0.399 e. The fraction of sp³-hybridized carbons (Fsp3) is 0.188. The number of halogens is 2. The van der Waals surface area contributed by atoms with Crippen molar-refractivity contribution in [1.82, 2.24) is 4.90 Å². The molecule has 3 nitrogen and oxygen atoms in total. The third-order valence-electron chi connectivity index (χ3n) is 3.16. The molecule has 0 saturated carbocycles. The molecule has 2 rings (SSSR count). The summed E-state index contributed by atoms with van der Waals surface area (Å²) in [6, 6.07) is 12.3. The summed E-state index contributed by atoms with van der Waals surface area (Å²) in [5.41, 5.74) is 7.60. The summed E-state index contributed by atoms with van der Waals surface area (Å²) in [6.45, 7) is 2.93. The van der Waals surface area contributed by atoms with Crippen LogP contribution in [-0.2, 0) is 6.54 Å². The van der Waals surface area contributed by atoms with Crippen molar-refractivity contribution < 1.29 is 4.79 Å². The smallest absolute Gasteiger partial charge is 0.254 e. The van der Waals surface area contributed by atoms with Crippen molar-refractivity contribution in [2.45, 2.75) is 13.5 Å². The van der Waals surface area contributed by atoms with Gasteiger partial charge in [0.2, 0.25) is 0 Å². The SMILES string of the molecule is CCN(Cc1ccccc1Cl)C(=O)c1cc(N)cc(Cl)c1. The van der Waals surface area contributed by atoms with Crippen LogP contribution in [-0.4, -0.2) is 17.4 Å². The van der Waals surface area contributed by atoms with Crippen LogP contribution < -0.4 is 5.73 Å². The number of carbonyl (C=O) groups excluding carboxylic acids is 1. The minimum absolute atomic E-state index is 0.119. The highest BCUT2D eigenvalue weighted by Gasteiger charge is 2.16. The van der Waals surface area contributed by atoms with Crippen LogP contribution in [0.3, 0.4) is 0 Å². The summed E-state index contributed by atoms with van der Waals surface area (Å²) in [6.07, 6.45) is 0. The second kappa shape index (κ2) is 6.83. The molecule has 0 aliphatic carbocycles. The summed E-state index contributed by atoms with van der Waals surface area (Å²) in [7, 11) is 0. The lowest BCUT2D eigenvalue weighted by molar-refractivity contribution is 0.0752. The molecule has 0 unspecified atom stereocenters. The molecule has 0 saturated heterocycles. The monoisotopic (exact) mass is 322 g/mol. The van der Waals surface area contributed by atoms with E-state index in [0.29, 0.717) is 34.4 Å². The van der Waals surface area contributed by atoms with Gasteiger partial charge in [-0.1, -0.05) is 41.4 Å². The van der Waals surface area contributed by atoms with Gasteiger partial charge in [-0.15, -0.1) is 0 Å². The Hall–Kier alpha value is -1.71. The summed E-state index contributed by atoms with van der Waals surface area (Å²) in [5.74, 6) is -0.119. The number of anilines is 1. The number of amides is 1. The van der Waals surface area contributed by atoms with Crippen LogP contribution in [0, 0.1) is 0 Å². The number of nitrogen functional groups attached to an aromatic ring is 1. The van der Waals surface area contributed by atoms with Crippen LogP contribution in [0.15, 0.2) is 42.5 Å². The summed E-state index contributed by atoms with van der Waals surface area (Å²) in [4.78, 5) is 14.3. The number of carbonyl (C=O) groups is 1. The normalized spacial score (nSPS) is 10.4. The average molecular weight is 323 g/mol. The zero-order valence-electron chi connectivity index (χ0n) is 11.6. The summed E-state index contributed by atoms with van der Waals surface area (Å²) in [5, 5.41) is 1.10. The molecule has 0 aromatic heterocycles. The molecule has 5 heteroatoms. The van der Waals surface area contributed by atoms with E-state index in [2.05, 4.69) is 0 Å². The van der Waals surface area contributed by atoms with E-state index in [-0.39, 0.29) is 5.91 Å². The van der Waals surface area contributed by atoms with E-state index in [0.717, 1.165) is 5.56 Å². The van der Waals surface area contributed by atoms with Gasteiger partial charge in [0.1, 0.15) is 0 Å². The Morgan fingerprint density at radius 1 is 1.19 bits per heavy atom. The van der Waals surface area contributed by atoms with Gasteiger partial charge in [0.15, 0.2) is 0 Å². The van der Waals surface area contributed by atoms with Crippen LogP contribution in [0.25, 0.3) is 0 Å². The summed E-state index contributed by atoms with van der Waals surface area (Å²) < 4.78 is 0. The first-order valence-corrected chi connectivity index (χ1v) is 7.35. The molecule has 0 fully saturated rings. The third kappa shape index (κ3) is 3.90. The third-order valence-corrected chi connectivity index (χ3v) is 3.74. The highest BCUT2D eigenvalue weighted by molar-refractivity contribution is 6.31. The Kier molecular flexibility index (Phi) is 5.10. The van der Waals surface area contributed by atoms with Crippen LogP contribution >= 0.6 is 23.2 Å². The molecule has 0 atom stereocenters. The van der Waals surface area contributed by atoms with E-state index >= 15 is 0 Å². The zero-order valence-corrected chi connectivity index (χ0v) is 13.2. The van der Waals surface area contributed by atoms with Gasteiger partial charge in [-0.25, -0.2) is 0 Å². The first kappa shape index (κ1) is 15.7. The molecule has 0 aliphatic heterocycles. The van der Waals surface area contributed by atoms with Crippen LogP contribution in [0.5, 0.6) is 0 Å². The number of nitrogens with two attached hydrogens (primary N) is 1.